The van der Waals surface area contributed by atoms with Crippen LogP contribution in [-0.4, -0.2) is 47.1 Å². The standard InChI is InChI=1S/C20H26O6/c1-10(2)9-13(21)24-16-14-12(4)19(23)25-17(14)18-20(5,26-18)8-6-7-11(3)15(16)22/h7,9,14-18,22H,4,6,8H2,1-3,5H3/b11-7+/t14-,15+,16-,17+,18+,20-/m1/s1. The van der Waals surface area contributed by atoms with E-state index in [0.717, 1.165) is 18.4 Å². The van der Waals surface area contributed by atoms with Crippen LogP contribution in [0.25, 0.3) is 0 Å². The third-order valence-electron chi connectivity index (χ3n) is 5.40. The Hall–Kier alpha value is -1.92. The molecule has 6 atom stereocenters. The molecule has 6 nitrogen and oxygen atoms in total. The smallest absolute Gasteiger partial charge is 0.334 e. The number of aliphatic hydroxyl groups excluding tert-OH is 1. The van der Waals surface area contributed by atoms with Gasteiger partial charge >= 0.3 is 11.9 Å². The van der Waals surface area contributed by atoms with Gasteiger partial charge in [0, 0.05) is 11.6 Å². The van der Waals surface area contributed by atoms with Crippen molar-refractivity contribution in [2.24, 2.45) is 5.92 Å². The second-order valence-electron chi connectivity index (χ2n) is 7.83. The Morgan fingerprint density at radius 3 is 2.81 bits per heavy atom. The number of rotatable bonds is 2. The molecule has 0 bridgehead atoms. The molecule has 3 rings (SSSR count). The predicted octanol–water partition coefficient (Wildman–Crippen LogP) is 2.22. The summed E-state index contributed by atoms with van der Waals surface area (Å²) in [6.07, 6.45) is 1.84. The van der Waals surface area contributed by atoms with Gasteiger partial charge in [0.05, 0.1) is 11.5 Å². The van der Waals surface area contributed by atoms with E-state index >= 15 is 0 Å². The molecule has 0 saturated carbocycles. The molecule has 0 unspecified atom stereocenters. The summed E-state index contributed by atoms with van der Waals surface area (Å²) in [6, 6.07) is 0. The summed E-state index contributed by atoms with van der Waals surface area (Å²) in [5.74, 6) is -1.75. The molecule has 26 heavy (non-hydrogen) atoms. The number of epoxide rings is 1. The van der Waals surface area contributed by atoms with Crippen LogP contribution in [0.1, 0.15) is 40.5 Å². The molecule has 6 heteroatoms. The maximum Gasteiger partial charge on any atom is 0.334 e. The largest absolute Gasteiger partial charge is 0.455 e. The molecule has 2 heterocycles. The van der Waals surface area contributed by atoms with Crippen molar-refractivity contribution in [1.29, 1.82) is 0 Å². The number of fused-ring (bicyclic) bond motifs is 3. The zero-order valence-corrected chi connectivity index (χ0v) is 15.7. The topological polar surface area (TPSA) is 85.4 Å². The van der Waals surface area contributed by atoms with Crippen LogP contribution in [0.15, 0.2) is 35.5 Å². The first kappa shape index (κ1) is 18.9. The fourth-order valence-electron chi connectivity index (χ4n) is 3.82. The minimum Gasteiger partial charge on any atom is -0.455 e. The van der Waals surface area contributed by atoms with Crippen LogP contribution < -0.4 is 0 Å². The number of hydrogen-bond donors (Lipinski definition) is 1. The number of carbonyl (C=O) groups is 2. The van der Waals surface area contributed by atoms with Crippen LogP contribution in [0.3, 0.4) is 0 Å². The lowest BCUT2D eigenvalue weighted by Gasteiger charge is -2.31. The zero-order valence-electron chi connectivity index (χ0n) is 15.7. The van der Waals surface area contributed by atoms with E-state index in [2.05, 4.69) is 6.58 Å². The maximum atomic E-state index is 12.2. The van der Waals surface area contributed by atoms with Gasteiger partial charge in [-0.1, -0.05) is 18.2 Å². The van der Waals surface area contributed by atoms with E-state index < -0.39 is 36.2 Å². The number of carbonyl (C=O) groups excluding carboxylic acids is 2. The molecule has 0 amide bonds. The van der Waals surface area contributed by atoms with E-state index in [-0.39, 0.29) is 17.3 Å². The summed E-state index contributed by atoms with van der Waals surface area (Å²) < 4.78 is 17.0. The molecule has 142 valence electrons. The SMILES string of the molecule is C=C1C(=O)O[C@H]2[C@H]1[C@@H](OC(=O)C=C(C)C)[C@@H](O)/C(C)=C/CC[C@@]1(C)O[C@@H]21. The molecular weight excluding hydrogens is 336 g/mol. The van der Waals surface area contributed by atoms with Crippen LogP contribution in [0.5, 0.6) is 0 Å². The first-order chi connectivity index (χ1) is 12.1. The van der Waals surface area contributed by atoms with Crippen LogP contribution in [-0.2, 0) is 23.8 Å². The summed E-state index contributed by atoms with van der Waals surface area (Å²) in [4.78, 5) is 24.4. The van der Waals surface area contributed by atoms with Gasteiger partial charge in [-0.05, 0) is 46.1 Å². The van der Waals surface area contributed by atoms with Gasteiger partial charge in [0.15, 0.2) is 0 Å². The second kappa shape index (κ2) is 6.67. The molecule has 2 saturated heterocycles. The zero-order chi connectivity index (χ0) is 19.2. The molecule has 0 spiro atoms. The molecule has 0 aromatic carbocycles. The van der Waals surface area contributed by atoms with E-state index in [0.29, 0.717) is 5.57 Å². The van der Waals surface area contributed by atoms with Gasteiger partial charge in [0.1, 0.15) is 24.4 Å². The average molecular weight is 362 g/mol. The highest BCUT2D eigenvalue weighted by atomic mass is 16.6. The highest BCUT2D eigenvalue weighted by Crippen LogP contribution is 2.50. The van der Waals surface area contributed by atoms with Crippen LogP contribution in [0, 0.1) is 5.92 Å². The van der Waals surface area contributed by atoms with Crippen molar-refractivity contribution in [3.63, 3.8) is 0 Å². The van der Waals surface area contributed by atoms with Crippen molar-refractivity contribution in [2.75, 3.05) is 0 Å². The van der Waals surface area contributed by atoms with E-state index in [1.807, 2.05) is 13.0 Å². The van der Waals surface area contributed by atoms with Gasteiger partial charge in [-0.2, -0.15) is 0 Å². The molecule has 2 fully saturated rings. The molecule has 1 aliphatic carbocycles. The number of aliphatic hydroxyl groups is 1. The Bertz CT molecular complexity index is 701. The van der Waals surface area contributed by atoms with Gasteiger partial charge < -0.3 is 19.3 Å². The molecule has 0 aromatic heterocycles. The number of hydrogen-bond acceptors (Lipinski definition) is 6. The summed E-state index contributed by atoms with van der Waals surface area (Å²) in [6.45, 7) is 11.2. The molecule has 3 aliphatic rings. The Labute approximate surface area is 153 Å². The predicted molar refractivity (Wildman–Crippen MR) is 94.1 cm³/mol. The Kier molecular flexibility index (Phi) is 4.84. The molecule has 2 aliphatic heterocycles. The van der Waals surface area contributed by atoms with Gasteiger partial charge in [0.25, 0.3) is 0 Å². The van der Waals surface area contributed by atoms with Gasteiger partial charge in [-0.25, -0.2) is 9.59 Å². The molecule has 1 N–H and O–H groups in total. The van der Waals surface area contributed by atoms with Crippen LogP contribution in [0.2, 0.25) is 0 Å². The quantitative estimate of drug-likeness (QED) is 0.351. The Morgan fingerprint density at radius 2 is 2.15 bits per heavy atom. The lowest BCUT2D eigenvalue weighted by atomic mass is 9.81. The van der Waals surface area contributed by atoms with Gasteiger partial charge in [0.2, 0.25) is 0 Å². The third-order valence-corrected chi connectivity index (χ3v) is 5.40. The normalized spacial score (nSPS) is 41.1. The lowest BCUT2D eigenvalue weighted by molar-refractivity contribution is -0.153. The number of ether oxygens (including phenoxy) is 3. The van der Waals surface area contributed by atoms with E-state index in [1.165, 1.54) is 6.08 Å². The summed E-state index contributed by atoms with van der Waals surface area (Å²) in [7, 11) is 0. The fraction of sp³-hybridized carbons (Fsp3) is 0.600. The lowest BCUT2D eigenvalue weighted by Crippen LogP contribution is -2.45. The van der Waals surface area contributed by atoms with E-state index in [4.69, 9.17) is 14.2 Å². The van der Waals surface area contributed by atoms with Crippen LogP contribution >= 0.6 is 0 Å². The van der Waals surface area contributed by atoms with Crippen molar-refractivity contribution in [1.82, 2.24) is 0 Å². The van der Waals surface area contributed by atoms with E-state index in [9.17, 15) is 14.7 Å². The monoisotopic (exact) mass is 362 g/mol. The number of allylic oxidation sites excluding steroid dienone is 2. The Morgan fingerprint density at radius 1 is 1.46 bits per heavy atom. The summed E-state index contributed by atoms with van der Waals surface area (Å²) in [5.41, 5.74) is 1.29. The first-order valence-corrected chi connectivity index (χ1v) is 8.92. The molecule has 0 radical (unpaired) electrons. The molecular formula is C20H26O6. The van der Waals surface area contributed by atoms with Crippen molar-refractivity contribution in [2.45, 2.75) is 70.6 Å². The van der Waals surface area contributed by atoms with Crippen molar-refractivity contribution in [3.05, 3.63) is 35.5 Å². The Balaban J connectivity index is 1.99. The third kappa shape index (κ3) is 3.35. The van der Waals surface area contributed by atoms with E-state index in [1.54, 1.807) is 20.8 Å². The highest BCUT2D eigenvalue weighted by Gasteiger charge is 2.64. The van der Waals surface area contributed by atoms with Gasteiger partial charge in [-0.15, -0.1) is 0 Å². The summed E-state index contributed by atoms with van der Waals surface area (Å²) in [5, 5.41) is 10.8. The van der Waals surface area contributed by atoms with Crippen molar-refractivity contribution < 1.29 is 28.9 Å². The molecule has 0 aromatic rings. The highest BCUT2D eigenvalue weighted by molar-refractivity contribution is 5.91. The minimum absolute atomic E-state index is 0.204. The fourth-order valence-corrected chi connectivity index (χ4v) is 3.82. The van der Waals surface area contributed by atoms with Crippen molar-refractivity contribution in [3.8, 4) is 0 Å². The van der Waals surface area contributed by atoms with Crippen LogP contribution in [0.4, 0.5) is 0 Å². The second-order valence-corrected chi connectivity index (χ2v) is 7.83. The maximum absolute atomic E-state index is 12.2. The average Bonchev–Trinajstić information content (AvgIpc) is 3.12. The van der Waals surface area contributed by atoms with Crippen molar-refractivity contribution >= 4 is 11.9 Å². The number of esters is 2. The first-order valence-electron chi connectivity index (χ1n) is 8.92. The van der Waals surface area contributed by atoms with Gasteiger partial charge in [-0.3, -0.25) is 0 Å². The minimum atomic E-state index is -1.05. The summed E-state index contributed by atoms with van der Waals surface area (Å²) >= 11 is 0.